The molecule has 0 unspecified atom stereocenters. The Bertz CT molecular complexity index is 1440. The van der Waals surface area contributed by atoms with Crippen molar-refractivity contribution in [3.8, 4) is 28.6 Å². The van der Waals surface area contributed by atoms with Crippen molar-refractivity contribution in [2.75, 3.05) is 12.4 Å². The second-order valence-corrected chi connectivity index (χ2v) is 10.0. The lowest BCUT2D eigenvalue weighted by molar-refractivity contribution is -0.147. The molecule has 1 atom stereocenters. The minimum atomic E-state index is -0.873. The standard InChI is InChI=1S/C28H29N5O5S/c1-18(27(35)36-2)37-22-15-20(26(34)30-28-29-12-14-39-28)16-23(17-22)38-21-10-8-19(9-11-21)25-32-31-24-7-5-3-4-6-13-33(24)25/h8-12,14-18H,3-7,13H2,1-2H3,(H,29,30,34)/t18-/m0/s1. The monoisotopic (exact) mass is 547 g/mol. The maximum absolute atomic E-state index is 12.9. The molecule has 2 aromatic carbocycles. The molecule has 39 heavy (non-hydrogen) atoms. The largest absolute Gasteiger partial charge is 0.479 e. The summed E-state index contributed by atoms with van der Waals surface area (Å²) in [7, 11) is 1.29. The Morgan fingerprint density at radius 1 is 1.00 bits per heavy atom. The maximum atomic E-state index is 12.9. The Kier molecular flexibility index (Phi) is 8.16. The van der Waals surface area contributed by atoms with Crippen LogP contribution in [-0.4, -0.2) is 44.8 Å². The van der Waals surface area contributed by atoms with E-state index in [1.54, 1.807) is 30.6 Å². The zero-order valence-electron chi connectivity index (χ0n) is 21.8. The summed E-state index contributed by atoms with van der Waals surface area (Å²) in [6.07, 6.45) is 6.38. The number of aryl methyl sites for hydroxylation is 1. The molecule has 202 valence electrons. The first kappa shape index (κ1) is 26.4. The molecule has 0 bridgehead atoms. The van der Waals surface area contributed by atoms with E-state index >= 15 is 0 Å². The number of carbonyl (C=O) groups is 2. The van der Waals surface area contributed by atoms with Crippen molar-refractivity contribution in [2.24, 2.45) is 0 Å². The van der Waals surface area contributed by atoms with Crippen molar-refractivity contribution in [1.29, 1.82) is 0 Å². The van der Waals surface area contributed by atoms with E-state index in [0.29, 0.717) is 16.6 Å². The predicted octanol–water partition coefficient (Wildman–Crippen LogP) is 5.50. The second-order valence-electron chi connectivity index (χ2n) is 9.15. The molecule has 2 aromatic heterocycles. The first-order chi connectivity index (χ1) is 19.0. The van der Waals surface area contributed by atoms with Crippen molar-refractivity contribution in [3.63, 3.8) is 0 Å². The van der Waals surface area contributed by atoms with E-state index in [1.807, 2.05) is 24.3 Å². The van der Waals surface area contributed by atoms with Gasteiger partial charge in [0.25, 0.3) is 5.91 Å². The van der Waals surface area contributed by atoms with E-state index in [4.69, 9.17) is 14.2 Å². The first-order valence-electron chi connectivity index (χ1n) is 12.8. The Labute approximate surface area is 230 Å². The van der Waals surface area contributed by atoms with Crippen molar-refractivity contribution in [2.45, 2.75) is 51.7 Å². The predicted molar refractivity (Wildman–Crippen MR) is 146 cm³/mol. The zero-order valence-corrected chi connectivity index (χ0v) is 22.6. The molecular formula is C28H29N5O5S. The van der Waals surface area contributed by atoms with Gasteiger partial charge in [-0.25, -0.2) is 9.78 Å². The highest BCUT2D eigenvalue weighted by Crippen LogP contribution is 2.31. The number of ether oxygens (including phenoxy) is 3. The number of aromatic nitrogens is 4. The van der Waals surface area contributed by atoms with Crippen molar-refractivity contribution in [1.82, 2.24) is 19.7 Å². The summed E-state index contributed by atoms with van der Waals surface area (Å²) < 4.78 is 18.8. The molecule has 1 amide bonds. The van der Waals surface area contributed by atoms with Crippen LogP contribution in [0.25, 0.3) is 11.4 Å². The SMILES string of the molecule is COC(=O)[C@H](C)Oc1cc(Oc2ccc(-c3nnc4n3CCCCCC4)cc2)cc(C(=O)Nc2nccs2)c1. The number of nitrogens with zero attached hydrogens (tertiary/aromatic N) is 4. The number of benzene rings is 2. The quantitative estimate of drug-likeness (QED) is 0.287. The number of fused-ring (bicyclic) bond motifs is 1. The molecule has 4 aromatic rings. The average Bonchev–Trinajstić information content (AvgIpc) is 3.58. The lowest BCUT2D eigenvalue weighted by atomic mass is 10.1. The fourth-order valence-corrected chi connectivity index (χ4v) is 4.91. The van der Waals surface area contributed by atoms with Gasteiger partial charge in [0.05, 0.1) is 7.11 Å². The van der Waals surface area contributed by atoms with Crippen LogP contribution in [0.2, 0.25) is 0 Å². The number of hydrogen-bond acceptors (Lipinski definition) is 9. The van der Waals surface area contributed by atoms with Crippen LogP contribution in [0.3, 0.4) is 0 Å². The van der Waals surface area contributed by atoms with Crippen LogP contribution in [-0.2, 0) is 22.5 Å². The minimum Gasteiger partial charge on any atom is -0.479 e. The van der Waals surface area contributed by atoms with E-state index in [2.05, 4.69) is 25.1 Å². The zero-order chi connectivity index (χ0) is 27.2. The van der Waals surface area contributed by atoms with Gasteiger partial charge in [0.2, 0.25) is 0 Å². The molecule has 0 spiro atoms. The van der Waals surface area contributed by atoms with Gasteiger partial charge in [-0.15, -0.1) is 21.5 Å². The molecule has 11 heteroatoms. The van der Waals surface area contributed by atoms with Crippen LogP contribution in [0, 0.1) is 0 Å². The number of esters is 1. The summed E-state index contributed by atoms with van der Waals surface area (Å²) in [5.41, 5.74) is 1.24. The number of amides is 1. The summed E-state index contributed by atoms with van der Waals surface area (Å²) >= 11 is 1.31. The van der Waals surface area contributed by atoms with Gasteiger partial charge in [-0.05, 0) is 56.2 Å². The summed E-state index contributed by atoms with van der Waals surface area (Å²) in [5, 5.41) is 13.9. The number of carbonyl (C=O) groups excluding carboxylic acids is 2. The molecule has 0 saturated heterocycles. The Morgan fingerprint density at radius 2 is 1.79 bits per heavy atom. The van der Waals surface area contributed by atoms with E-state index in [-0.39, 0.29) is 17.2 Å². The summed E-state index contributed by atoms with van der Waals surface area (Å²) in [6.45, 7) is 2.48. The van der Waals surface area contributed by atoms with Gasteiger partial charge in [-0.2, -0.15) is 0 Å². The van der Waals surface area contributed by atoms with E-state index in [9.17, 15) is 9.59 Å². The summed E-state index contributed by atoms with van der Waals surface area (Å²) in [4.78, 5) is 28.9. The first-order valence-corrected chi connectivity index (χ1v) is 13.7. The highest BCUT2D eigenvalue weighted by atomic mass is 32.1. The van der Waals surface area contributed by atoms with Crippen molar-refractivity contribution < 1.29 is 23.8 Å². The van der Waals surface area contributed by atoms with E-state index in [0.717, 1.165) is 43.0 Å². The molecule has 0 aliphatic carbocycles. The molecule has 0 fully saturated rings. The van der Waals surface area contributed by atoms with Crippen molar-refractivity contribution >= 4 is 28.3 Å². The molecule has 0 radical (unpaired) electrons. The lowest BCUT2D eigenvalue weighted by Gasteiger charge is -2.15. The Balaban J connectivity index is 1.38. The topological polar surface area (TPSA) is 117 Å². The van der Waals surface area contributed by atoms with Crippen LogP contribution in [0.15, 0.2) is 54.0 Å². The second kappa shape index (κ2) is 12.1. The normalized spacial score (nSPS) is 13.9. The number of nitrogens with one attached hydrogen (secondary N) is 1. The number of rotatable bonds is 8. The molecule has 1 N–H and O–H groups in total. The number of hydrogen-bond donors (Lipinski definition) is 1. The van der Waals surface area contributed by atoms with Crippen LogP contribution >= 0.6 is 11.3 Å². The highest BCUT2D eigenvalue weighted by Gasteiger charge is 2.19. The smallest absolute Gasteiger partial charge is 0.346 e. The molecule has 10 nitrogen and oxygen atoms in total. The fraction of sp³-hybridized carbons (Fsp3) is 0.321. The van der Waals surface area contributed by atoms with Crippen LogP contribution in [0.5, 0.6) is 17.2 Å². The third-order valence-electron chi connectivity index (χ3n) is 6.35. The van der Waals surface area contributed by atoms with Gasteiger partial charge in [0.1, 0.15) is 23.1 Å². The van der Waals surface area contributed by atoms with Gasteiger partial charge >= 0.3 is 5.97 Å². The van der Waals surface area contributed by atoms with Gasteiger partial charge in [0, 0.05) is 41.7 Å². The number of methoxy groups -OCH3 is 1. The van der Waals surface area contributed by atoms with Gasteiger partial charge < -0.3 is 18.8 Å². The molecule has 1 aliphatic heterocycles. The Hall–Kier alpha value is -4.25. The molecule has 5 rings (SSSR count). The van der Waals surface area contributed by atoms with Crippen LogP contribution in [0.4, 0.5) is 5.13 Å². The van der Waals surface area contributed by atoms with Crippen molar-refractivity contribution in [3.05, 3.63) is 65.4 Å². The minimum absolute atomic E-state index is 0.286. The third-order valence-corrected chi connectivity index (χ3v) is 7.04. The van der Waals surface area contributed by atoms with Gasteiger partial charge in [-0.3, -0.25) is 10.1 Å². The molecule has 3 heterocycles. The third kappa shape index (κ3) is 6.43. The Morgan fingerprint density at radius 3 is 2.56 bits per heavy atom. The maximum Gasteiger partial charge on any atom is 0.346 e. The molecular weight excluding hydrogens is 518 g/mol. The summed E-state index contributed by atoms with van der Waals surface area (Å²) in [5.74, 6) is 2.19. The molecule has 1 aliphatic rings. The van der Waals surface area contributed by atoms with E-state index in [1.165, 1.54) is 37.4 Å². The van der Waals surface area contributed by atoms with Gasteiger partial charge in [0.15, 0.2) is 17.1 Å². The van der Waals surface area contributed by atoms with Crippen LogP contribution < -0.4 is 14.8 Å². The van der Waals surface area contributed by atoms with Crippen LogP contribution in [0.1, 0.15) is 48.8 Å². The highest BCUT2D eigenvalue weighted by molar-refractivity contribution is 7.13. The fourth-order valence-electron chi connectivity index (χ4n) is 4.39. The molecule has 0 saturated carbocycles. The summed E-state index contributed by atoms with van der Waals surface area (Å²) in [6, 6.07) is 12.3. The van der Waals surface area contributed by atoms with Gasteiger partial charge in [-0.1, -0.05) is 12.8 Å². The average molecular weight is 548 g/mol. The number of anilines is 1. The van der Waals surface area contributed by atoms with E-state index < -0.39 is 12.1 Å². The lowest BCUT2D eigenvalue weighted by Crippen LogP contribution is -2.25. The number of thiazole rings is 1.